The standard InChI is InChI=1S/C22H16BrF3N6O4S/c1-9-3-5-11(6-4-9)12-7-13(22(24,25)26)28-21-15(12)17(18(37-21)19(27)34)29-14(33)8-31-10(2)16(23)20(30-31)32(35)36/h3-7H,8H2,1-2H3,(H2,27,34)(H,29,33). The third kappa shape index (κ3) is 5.04. The molecular formula is C22H16BrF3N6O4S. The van der Waals surface area contributed by atoms with Gasteiger partial charge in [-0.25, -0.2) is 4.98 Å². The number of primary amides is 1. The Morgan fingerprint density at radius 2 is 1.89 bits per heavy atom. The minimum Gasteiger partial charge on any atom is -0.365 e. The van der Waals surface area contributed by atoms with Gasteiger partial charge in [-0.15, -0.1) is 11.3 Å². The smallest absolute Gasteiger partial charge is 0.365 e. The molecule has 0 aliphatic carbocycles. The van der Waals surface area contributed by atoms with E-state index in [2.05, 4.69) is 31.3 Å². The third-order valence-corrected chi connectivity index (χ3v) is 7.41. The molecule has 4 rings (SSSR count). The van der Waals surface area contributed by atoms with E-state index >= 15 is 0 Å². The number of hydrogen-bond acceptors (Lipinski definition) is 7. The monoisotopic (exact) mass is 596 g/mol. The molecular weight excluding hydrogens is 581 g/mol. The highest BCUT2D eigenvalue weighted by Gasteiger charge is 2.35. The van der Waals surface area contributed by atoms with Crippen LogP contribution in [0.3, 0.4) is 0 Å². The van der Waals surface area contributed by atoms with Gasteiger partial charge in [0.1, 0.15) is 26.4 Å². The van der Waals surface area contributed by atoms with Crippen LogP contribution in [-0.4, -0.2) is 31.5 Å². The van der Waals surface area contributed by atoms with Crippen LogP contribution in [0.1, 0.15) is 26.6 Å². The van der Waals surface area contributed by atoms with Gasteiger partial charge in [0.05, 0.1) is 16.5 Å². The van der Waals surface area contributed by atoms with Crippen molar-refractivity contribution >= 4 is 60.8 Å². The summed E-state index contributed by atoms with van der Waals surface area (Å²) < 4.78 is 42.1. The normalized spacial score (nSPS) is 11.6. The van der Waals surface area contributed by atoms with Crippen molar-refractivity contribution in [1.82, 2.24) is 14.8 Å². The van der Waals surface area contributed by atoms with Crippen molar-refractivity contribution in [2.24, 2.45) is 5.73 Å². The second-order valence-corrected chi connectivity index (χ2v) is 9.75. The van der Waals surface area contributed by atoms with E-state index in [4.69, 9.17) is 5.73 Å². The van der Waals surface area contributed by atoms with Gasteiger partial charge in [-0.2, -0.15) is 17.9 Å². The van der Waals surface area contributed by atoms with E-state index in [0.717, 1.165) is 16.3 Å². The highest BCUT2D eigenvalue weighted by Crippen LogP contribution is 2.43. The second-order valence-electron chi connectivity index (χ2n) is 7.96. The number of aryl methyl sites for hydroxylation is 1. The summed E-state index contributed by atoms with van der Waals surface area (Å²) >= 11 is 3.68. The Bertz CT molecular complexity index is 1580. The predicted octanol–water partition coefficient (Wildman–Crippen LogP) is 5.20. The molecule has 0 bridgehead atoms. The summed E-state index contributed by atoms with van der Waals surface area (Å²) in [6, 6.07) is 7.49. The molecule has 3 heterocycles. The topological polar surface area (TPSA) is 146 Å². The van der Waals surface area contributed by atoms with Crippen LogP contribution in [0.4, 0.5) is 24.7 Å². The minimum absolute atomic E-state index is 0.0880. The molecule has 1 aromatic carbocycles. The average Bonchev–Trinajstić information content (AvgIpc) is 3.31. The maximum absolute atomic E-state index is 13.6. The molecule has 0 saturated heterocycles. The van der Waals surface area contributed by atoms with Crippen molar-refractivity contribution in [2.45, 2.75) is 26.6 Å². The number of nitrogens with zero attached hydrogens (tertiary/aromatic N) is 4. The summed E-state index contributed by atoms with van der Waals surface area (Å²) in [6.07, 6.45) is -4.77. The minimum atomic E-state index is -4.77. The molecule has 0 fully saturated rings. The van der Waals surface area contributed by atoms with E-state index in [1.54, 1.807) is 24.3 Å². The Morgan fingerprint density at radius 3 is 2.43 bits per heavy atom. The van der Waals surface area contributed by atoms with Gasteiger partial charge in [0.2, 0.25) is 5.91 Å². The SMILES string of the molecule is Cc1ccc(-c2cc(C(F)(F)F)nc3sc(C(N)=O)c(NC(=O)Cn4nc([N+](=O)[O-])c(Br)c4C)c23)cc1. The first-order chi connectivity index (χ1) is 17.3. The van der Waals surface area contributed by atoms with Crippen molar-refractivity contribution in [3.8, 4) is 11.1 Å². The fourth-order valence-electron chi connectivity index (χ4n) is 3.59. The van der Waals surface area contributed by atoms with Crippen molar-refractivity contribution in [1.29, 1.82) is 0 Å². The number of rotatable bonds is 6. The number of carbonyl (C=O) groups is 2. The number of nitro groups is 1. The van der Waals surface area contributed by atoms with Crippen molar-refractivity contribution in [3.63, 3.8) is 0 Å². The second kappa shape index (κ2) is 9.55. The van der Waals surface area contributed by atoms with Gasteiger partial charge in [-0.1, -0.05) is 29.8 Å². The van der Waals surface area contributed by atoms with Gasteiger partial charge in [0.15, 0.2) is 0 Å². The van der Waals surface area contributed by atoms with E-state index in [0.29, 0.717) is 22.6 Å². The van der Waals surface area contributed by atoms with Crippen LogP contribution in [0.5, 0.6) is 0 Å². The number of alkyl halides is 3. The molecule has 0 aliphatic rings. The maximum atomic E-state index is 13.6. The van der Waals surface area contributed by atoms with Gasteiger partial charge >= 0.3 is 12.0 Å². The lowest BCUT2D eigenvalue weighted by molar-refractivity contribution is -0.390. The lowest BCUT2D eigenvalue weighted by atomic mass is 10.00. The fraction of sp³-hybridized carbons (Fsp3) is 0.182. The van der Waals surface area contributed by atoms with Crippen LogP contribution in [0, 0.1) is 24.0 Å². The van der Waals surface area contributed by atoms with Crippen molar-refractivity contribution in [2.75, 3.05) is 5.32 Å². The number of carbonyl (C=O) groups excluding carboxylic acids is 2. The first-order valence-corrected chi connectivity index (χ1v) is 12.0. The zero-order chi connectivity index (χ0) is 27.2. The number of halogens is 4. The van der Waals surface area contributed by atoms with Crippen LogP contribution < -0.4 is 11.1 Å². The first-order valence-electron chi connectivity index (χ1n) is 10.4. The number of amides is 2. The van der Waals surface area contributed by atoms with Gasteiger partial charge in [-0.3, -0.25) is 9.59 Å². The molecule has 0 atom stereocenters. The van der Waals surface area contributed by atoms with Crippen LogP contribution >= 0.6 is 27.3 Å². The summed E-state index contributed by atoms with van der Waals surface area (Å²) in [5.74, 6) is -2.21. The Kier molecular flexibility index (Phi) is 6.77. The third-order valence-electron chi connectivity index (χ3n) is 5.39. The van der Waals surface area contributed by atoms with Gasteiger partial charge in [-0.05, 0) is 51.9 Å². The number of thiophene rings is 1. The molecule has 0 spiro atoms. The first kappa shape index (κ1) is 26.2. The zero-order valence-electron chi connectivity index (χ0n) is 19.0. The molecule has 3 aromatic heterocycles. The van der Waals surface area contributed by atoms with Gasteiger partial charge in [0, 0.05) is 5.39 Å². The van der Waals surface area contributed by atoms with Crippen LogP contribution in [0.25, 0.3) is 21.3 Å². The van der Waals surface area contributed by atoms with E-state index in [-0.39, 0.29) is 30.8 Å². The van der Waals surface area contributed by atoms with E-state index in [1.807, 2.05) is 6.92 Å². The summed E-state index contributed by atoms with van der Waals surface area (Å²) in [4.78, 5) is 38.9. The Labute approximate surface area is 218 Å². The number of nitrogens with two attached hydrogens (primary N) is 1. The summed E-state index contributed by atoms with van der Waals surface area (Å²) in [7, 11) is 0. The van der Waals surface area contributed by atoms with Crippen molar-refractivity contribution < 1.29 is 27.7 Å². The molecule has 3 N–H and O–H groups in total. The average molecular weight is 597 g/mol. The van der Waals surface area contributed by atoms with E-state index in [9.17, 15) is 32.9 Å². The maximum Gasteiger partial charge on any atom is 0.433 e. The van der Waals surface area contributed by atoms with Crippen molar-refractivity contribution in [3.05, 3.63) is 66.7 Å². The molecule has 0 saturated carbocycles. The largest absolute Gasteiger partial charge is 0.433 e. The Morgan fingerprint density at radius 1 is 1.24 bits per heavy atom. The van der Waals surface area contributed by atoms with Crippen LogP contribution in [-0.2, 0) is 17.5 Å². The fourth-order valence-corrected chi connectivity index (χ4v) is 5.03. The lowest BCUT2D eigenvalue weighted by Crippen LogP contribution is -2.22. The number of hydrogen-bond donors (Lipinski definition) is 2. The number of pyridine rings is 1. The number of aromatic nitrogens is 3. The van der Waals surface area contributed by atoms with E-state index in [1.165, 1.54) is 6.92 Å². The van der Waals surface area contributed by atoms with Crippen LogP contribution in [0.15, 0.2) is 34.8 Å². The molecule has 10 nitrogen and oxygen atoms in total. The Hall–Kier alpha value is -3.85. The quantitative estimate of drug-likeness (QED) is 0.231. The zero-order valence-corrected chi connectivity index (χ0v) is 21.4. The summed E-state index contributed by atoms with van der Waals surface area (Å²) in [6.45, 7) is 2.83. The lowest BCUT2D eigenvalue weighted by Gasteiger charge is -2.12. The molecule has 0 aliphatic heterocycles. The molecule has 15 heteroatoms. The molecule has 0 radical (unpaired) electrons. The Balaban J connectivity index is 1.86. The predicted molar refractivity (Wildman–Crippen MR) is 133 cm³/mol. The number of fused-ring (bicyclic) bond motifs is 1. The van der Waals surface area contributed by atoms with Gasteiger partial charge in [0.25, 0.3) is 5.91 Å². The highest BCUT2D eigenvalue weighted by molar-refractivity contribution is 9.10. The number of anilines is 1. The molecule has 4 aromatic rings. The number of nitrogens with one attached hydrogen (secondary N) is 1. The molecule has 192 valence electrons. The summed E-state index contributed by atoms with van der Waals surface area (Å²) in [5.41, 5.74) is 5.87. The summed E-state index contributed by atoms with van der Waals surface area (Å²) in [5, 5.41) is 17.6. The number of benzene rings is 1. The highest BCUT2D eigenvalue weighted by atomic mass is 79.9. The van der Waals surface area contributed by atoms with Crippen LogP contribution in [0.2, 0.25) is 0 Å². The van der Waals surface area contributed by atoms with Gasteiger partial charge < -0.3 is 21.2 Å². The molecule has 2 amide bonds. The molecule has 0 unspecified atom stereocenters. The van der Waals surface area contributed by atoms with E-state index < -0.39 is 41.0 Å². The molecule has 37 heavy (non-hydrogen) atoms.